The Balaban J connectivity index is 1.57. The molecule has 0 atom stereocenters. The third-order valence-electron chi connectivity index (χ3n) is 4.32. The zero-order valence-corrected chi connectivity index (χ0v) is 14.1. The lowest BCUT2D eigenvalue weighted by atomic mass is 10.2. The SMILES string of the molecule is O=C(Nc1ccc(-n2nc(C(F)(F)F)cc2C2CC2)cc1)c1cccnc1. The van der Waals surface area contributed by atoms with Crippen LogP contribution in [0, 0.1) is 0 Å². The van der Waals surface area contributed by atoms with Gasteiger partial charge in [-0.05, 0) is 55.3 Å². The molecule has 0 spiro atoms. The molecule has 1 N–H and O–H groups in total. The molecule has 0 unspecified atom stereocenters. The van der Waals surface area contributed by atoms with Crippen molar-refractivity contribution in [3.8, 4) is 5.69 Å². The average Bonchev–Trinajstić information content (AvgIpc) is 3.40. The number of aromatic nitrogens is 3. The van der Waals surface area contributed by atoms with Crippen molar-refractivity contribution in [2.24, 2.45) is 0 Å². The van der Waals surface area contributed by atoms with E-state index in [2.05, 4.69) is 15.4 Å². The van der Waals surface area contributed by atoms with Crippen molar-refractivity contribution < 1.29 is 18.0 Å². The Morgan fingerprint density at radius 2 is 1.89 bits per heavy atom. The van der Waals surface area contributed by atoms with E-state index in [-0.39, 0.29) is 11.8 Å². The number of hydrogen-bond acceptors (Lipinski definition) is 3. The molecular weight excluding hydrogens is 357 g/mol. The zero-order chi connectivity index (χ0) is 19.0. The Morgan fingerprint density at radius 3 is 2.48 bits per heavy atom. The lowest BCUT2D eigenvalue weighted by Gasteiger charge is -2.09. The van der Waals surface area contributed by atoms with Gasteiger partial charge in [0, 0.05) is 29.7 Å². The number of rotatable bonds is 4. The standard InChI is InChI=1S/C19H15F3N4O/c20-19(21,22)17-10-16(12-3-4-12)26(25-17)15-7-5-14(6-8-15)24-18(27)13-2-1-9-23-11-13/h1-2,5-12H,3-4H2,(H,24,27). The van der Waals surface area contributed by atoms with Crippen molar-refractivity contribution in [1.82, 2.24) is 14.8 Å². The Bertz CT molecular complexity index is 961. The first-order valence-corrected chi connectivity index (χ1v) is 8.41. The summed E-state index contributed by atoms with van der Waals surface area (Å²) in [5.74, 6) is -0.202. The topological polar surface area (TPSA) is 59.8 Å². The summed E-state index contributed by atoms with van der Waals surface area (Å²) in [7, 11) is 0. The van der Waals surface area contributed by atoms with Crippen LogP contribution in [-0.4, -0.2) is 20.7 Å². The molecule has 1 saturated carbocycles. The number of carbonyl (C=O) groups excluding carboxylic acids is 1. The predicted octanol–water partition coefficient (Wildman–Crippen LogP) is 4.42. The lowest BCUT2D eigenvalue weighted by Crippen LogP contribution is -2.12. The fraction of sp³-hybridized carbons (Fsp3) is 0.211. The molecule has 1 aliphatic rings. The number of anilines is 1. The maximum Gasteiger partial charge on any atom is 0.435 e. The van der Waals surface area contributed by atoms with Crippen LogP contribution in [0.4, 0.5) is 18.9 Å². The van der Waals surface area contributed by atoms with E-state index in [1.807, 2.05) is 0 Å². The van der Waals surface area contributed by atoms with Gasteiger partial charge < -0.3 is 5.32 Å². The minimum absolute atomic E-state index is 0.110. The summed E-state index contributed by atoms with van der Waals surface area (Å²) in [6.07, 6.45) is 0.271. The molecule has 1 amide bonds. The third kappa shape index (κ3) is 3.69. The summed E-state index contributed by atoms with van der Waals surface area (Å²) in [5.41, 5.74) is 1.14. The van der Waals surface area contributed by atoms with Crippen LogP contribution in [0.15, 0.2) is 54.9 Å². The molecule has 5 nitrogen and oxygen atoms in total. The molecular formula is C19H15F3N4O. The zero-order valence-electron chi connectivity index (χ0n) is 14.1. The van der Waals surface area contributed by atoms with Gasteiger partial charge in [0.2, 0.25) is 0 Å². The summed E-state index contributed by atoms with van der Waals surface area (Å²) < 4.78 is 40.4. The highest BCUT2D eigenvalue weighted by Gasteiger charge is 2.38. The summed E-state index contributed by atoms with van der Waals surface area (Å²) >= 11 is 0. The highest BCUT2D eigenvalue weighted by atomic mass is 19.4. The normalized spacial score (nSPS) is 14.2. The molecule has 27 heavy (non-hydrogen) atoms. The first-order chi connectivity index (χ1) is 12.9. The Kier molecular flexibility index (Phi) is 4.18. The minimum Gasteiger partial charge on any atom is -0.322 e. The molecule has 8 heteroatoms. The third-order valence-corrected chi connectivity index (χ3v) is 4.32. The second-order valence-corrected chi connectivity index (χ2v) is 6.38. The smallest absolute Gasteiger partial charge is 0.322 e. The first kappa shape index (κ1) is 17.3. The van der Waals surface area contributed by atoms with Crippen LogP contribution >= 0.6 is 0 Å². The van der Waals surface area contributed by atoms with Crippen molar-refractivity contribution in [2.75, 3.05) is 5.32 Å². The van der Waals surface area contributed by atoms with Gasteiger partial charge in [-0.15, -0.1) is 0 Å². The maximum atomic E-state index is 13.0. The van der Waals surface area contributed by atoms with E-state index in [0.717, 1.165) is 18.9 Å². The predicted molar refractivity (Wildman–Crippen MR) is 92.7 cm³/mol. The second-order valence-electron chi connectivity index (χ2n) is 6.38. The lowest BCUT2D eigenvalue weighted by molar-refractivity contribution is -0.141. The molecule has 0 saturated heterocycles. The average molecular weight is 372 g/mol. The van der Waals surface area contributed by atoms with Crippen molar-refractivity contribution >= 4 is 11.6 Å². The van der Waals surface area contributed by atoms with E-state index in [0.29, 0.717) is 22.6 Å². The maximum absolute atomic E-state index is 13.0. The van der Waals surface area contributed by atoms with Gasteiger partial charge in [0.15, 0.2) is 5.69 Å². The number of nitrogens with zero attached hydrogens (tertiary/aromatic N) is 3. The first-order valence-electron chi connectivity index (χ1n) is 8.41. The van der Waals surface area contributed by atoms with Gasteiger partial charge in [0.25, 0.3) is 5.91 Å². The van der Waals surface area contributed by atoms with E-state index >= 15 is 0 Å². The molecule has 4 rings (SSSR count). The van der Waals surface area contributed by atoms with Gasteiger partial charge in [0.1, 0.15) is 0 Å². The number of hydrogen-bond donors (Lipinski definition) is 1. The van der Waals surface area contributed by atoms with Gasteiger partial charge in [-0.1, -0.05) is 0 Å². The van der Waals surface area contributed by atoms with Gasteiger partial charge in [-0.25, -0.2) is 4.68 Å². The number of carbonyl (C=O) groups is 1. The molecule has 1 fully saturated rings. The second kappa shape index (κ2) is 6.53. The van der Waals surface area contributed by atoms with Gasteiger partial charge in [-0.2, -0.15) is 18.3 Å². The highest BCUT2D eigenvalue weighted by Crippen LogP contribution is 2.43. The molecule has 0 bridgehead atoms. The van der Waals surface area contributed by atoms with Crippen molar-refractivity contribution in [3.63, 3.8) is 0 Å². The van der Waals surface area contributed by atoms with Crippen LogP contribution in [0.25, 0.3) is 5.69 Å². The summed E-state index contributed by atoms with van der Waals surface area (Å²) in [6, 6.07) is 11.0. The quantitative estimate of drug-likeness (QED) is 0.738. The van der Waals surface area contributed by atoms with Crippen molar-refractivity contribution in [3.05, 3.63) is 71.8 Å². The monoisotopic (exact) mass is 372 g/mol. The van der Waals surface area contributed by atoms with Crippen LogP contribution in [0.3, 0.4) is 0 Å². The van der Waals surface area contributed by atoms with Crippen LogP contribution in [0.2, 0.25) is 0 Å². The molecule has 1 aromatic carbocycles. The summed E-state index contributed by atoms with van der Waals surface area (Å²) in [4.78, 5) is 16.0. The van der Waals surface area contributed by atoms with Crippen LogP contribution in [-0.2, 0) is 6.18 Å². The Hall–Kier alpha value is -3.16. The highest BCUT2D eigenvalue weighted by molar-refractivity contribution is 6.04. The van der Waals surface area contributed by atoms with Gasteiger partial charge >= 0.3 is 6.18 Å². The number of alkyl halides is 3. The Labute approximate surface area is 152 Å². The van der Waals surface area contributed by atoms with Crippen LogP contribution in [0.5, 0.6) is 0 Å². The van der Waals surface area contributed by atoms with Crippen molar-refractivity contribution in [1.29, 1.82) is 0 Å². The number of nitrogens with one attached hydrogen (secondary N) is 1. The van der Waals surface area contributed by atoms with E-state index in [1.54, 1.807) is 42.6 Å². The number of pyridine rings is 1. The summed E-state index contributed by atoms with van der Waals surface area (Å²) in [5, 5.41) is 6.47. The van der Waals surface area contributed by atoms with E-state index in [9.17, 15) is 18.0 Å². The Morgan fingerprint density at radius 1 is 1.15 bits per heavy atom. The molecule has 3 aromatic rings. The number of amides is 1. The summed E-state index contributed by atoms with van der Waals surface area (Å²) in [6.45, 7) is 0. The molecule has 2 heterocycles. The number of halogens is 3. The molecule has 0 radical (unpaired) electrons. The minimum atomic E-state index is -4.48. The fourth-order valence-corrected chi connectivity index (χ4v) is 2.80. The van der Waals surface area contributed by atoms with Crippen LogP contribution in [0.1, 0.15) is 40.5 Å². The van der Waals surface area contributed by atoms with Crippen LogP contribution < -0.4 is 5.32 Å². The molecule has 0 aliphatic heterocycles. The molecule has 138 valence electrons. The molecule has 1 aliphatic carbocycles. The van der Waals surface area contributed by atoms with E-state index in [4.69, 9.17) is 0 Å². The van der Waals surface area contributed by atoms with E-state index in [1.165, 1.54) is 10.9 Å². The number of benzene rings is 1. The van der Waals surface area contributed by atoms with Crippen molar-refractivity contribution in [2.45, 2.75) is 24.9 Å². The fourth-order valence-electron chi connectivity index (χ4n) is 2.80. The largest absolute Gasteiger partial charge is 0.435 e. The molecule has 2 aromatic heterocycles. The van der Waals surface area contributed by atoms with Gasteiger partial charge in [-0.3, -0.25) is 9.78 Å². The van der Waals surface area contributed by atoms with Gasteiger partial charge in [0.05, 0.1) is 11.3 Å². The van der Waals surface area contributed by atoms with E-state index < -0.39 is 11.9 Å².